The summed E-state index contributed by atoms with van der Waals surface area (Å²) in [5.74, 6) is 1.06. The lowest BCUT2D eigenvalue weighted by atomic mass is 10.0. The van der Waals surface area contributed by atoms with Crippen LogP contribution in [-0.4, -0.2) is 12.6 Å². The van der Waals surface area contributed by atoms with Crippen LogP contribution in [0.2, 0.25) is 0 Å². The molecule has 1 aromatic rings. The molecule has 0 saturated carbocycles. The number of nitrogens with one attached hydrogen (secondary N) is 1. The van der Waals surface area contributed by atoms with Crippen molar-refractivity contribution in [2.24, 2.45) is 0 Å². The normalized spacial score (nSPS) is 12.7. The molecule has 1 rings (SSSR count). The molecular weight excluding hydrogens is 186 g/mol. The maximum atomic E-state index is 5.31. The topological polar surface area (TPSA) is 25.2 Å². The minimum atomic E-state index is 0.412. The van der Waals surface area contributed by atoms with E-state index in [9.17, 15) is 0 Å². The van der Waals surface area contributed by atoms with E-state index in [0.29, 0.717) is 6.04 Å². The van der Waals surface area contributed by atoms with Gasteiger partial charge in [-0.2, -0.15) is 0 Å². The van der Waals surface area contributed by atoms with Crippen LogP contribution in [0.1, 0.15) is 32.4 Å². The Labute approximate surface area is 92.4 Å². The van der Waals surface area contributed by atoms with Gasteiger partial charge in [0.2, 0.25) is 0 Å². The van der Waals surface area contributed by atoms with E-state index < -0.39 is 0 Å². The van der Waals surface area contributed by atoms with Gasteiger partial charge in [0.25, 0.3) is 0 Å². The highest BCUT2D eigenvalue weighted by molar-refractivity contribution is 5.05. The summed E-state index contributed by atoms with van der Waals surface area (Å²) in [5.41, 5.74) is 1.20. The Morgan fingerprint density at radius 1 is 1.60 bits per heavy atom. The van der Waals surface area contributed by atoms with Gasteiger partial charge in [-0.25, -0.2) is 0 Å². The van der Waals surface area contributed by atoms with Crippen molar-refractivity contribution in [3.05, 3.63) is 36.3 Å². The molecule has 1 unspecified atom stereocenters. The van der Waals surface area contributed by atoms with Crippen molar-refractivity contribution in [2.45, 2.75) is 39.2 Å². The maximum Gasteiger partial charge on any atom is 0.103 e. The summed E-state index contributed by atoms with van der Waals surface area (Å²) in [6.45, 7) is 9.32. The van der Waals surface area contributed by atoms with Crippen molar-refractivity contribution in [1.82, 2.24) is 5.32 Å². The minimum Gasteiger partial charge on any atom is -0.469 e. The molecule has 84 valence electrons. The fourth-order valence-corrected chi connectivity index (χ4v) is 1.58. The fourth-order valence-electron chi connectivity index (χ4n) is 1.58. The number of rotatable bonds is 7. The second kappa shape index (κ2) is 6.46. The summed E-state index contributed by atoms with van der Waals surface area (Å²) < 4.78 is 5.31. The molecule has 0 aliphatic rings. The zero-order valence-electron chi connectivity index (χ0n) is 9.75. The van der Waals surface area contributed by atoms with Crippen LogP contribution < -0.4 is 5.32 Å². The zero-order chi connectivity index (χ0) is 11.1. The molecule has 1 N–H and O–H groups in total. The van der Waals surface area contributed by atoms with E-state index in [1.807, 2.05) is 12.1 Å². The third-order valence-corrected chi connectivity index (χ3v) is 2.50. The molecular formula is C13H21NO. The molecule has 15 heavy (non-hydrogen) atoms. The second-order valence-corrected chi connectivity index (χ2v) is 3.97. The fraction of sp³-hybridized carbons (Fsp3) is 0.538. The third kappa shape index (κ3) is 4.34. The van der Waals surface area contributed by atoms with Crippen LogP contribution in [0.15, 0.2) is 35.0 Å². The highest BCUT2D eigenvalue weighted by Gasteiger charge is 2.08. The molecule has 0 fully saturated rings. The summed E-state index contributed by atoms with van der Waals surface area (Å²) in [4.78, 5) is 0. The lowest BCUT2D eigenvalue weighted by Gasteiger charge is -2.17. The van der Waals surface area contributed by atoms with Gasteiger partial charge < -0.3 is 9.73 Å². The SMILES string of the molecule is C=C(C)C(CCc1ccco1)NCCC. The predicted octanol–water partition coefficient (Wildman–Crippen LogP) is 3.16. The average molecular weight is 207 g/mol. The molecule has 0 aliphatic carbocycles. The molecule has 0 aliphatic heterocycles. The van der Waals surface area contributed by atoms with E-state index in [-0.39, 0.29) is 0 Å². The summed E-state index contributed by atoms with van der Waals surface area (Å²) in [6, 6.07) is 4.37. The van der Waals surface area contributed by atoms with Crippen LogP contribution in [0.25, 0.3) is 0 Å². The molecule has 0 aromatic carbocycles. The van der Waals surface area contributed by atoms with Crippen molar-refractivity contribution < 1.29 is 4.42 Å². The Hall–Kier alpha value is -1.02. The zero-order valence-corrected chi connectivity index (χ0v) is 9.75. The van der Waals surface area contributed by atoms with Crippen LogP contribution >= 0.6 is 0 Å². The first-order chi connectivity index (χ1) is 7.24. The number of hydrogen-bond donors (Lipinski definition) is 1. The van der Waals surface area contributed by atoms with E-state index in [1.54, 1.807) is 6.26 Å². The van der Waals surface area contributed by atoms with Crippen LogP contribution in [0.4, 0.5) is 0 Å². The van der Waals surface area contributed by atoms with Gasteiger partial charge >= 0.3 is 0 Å². The van der Waals surface area contributed by atoms with Crippen LogP contribution in [0.3, 0.4) is 0 Å². The monoisotopic (exact) mass is 207 g/mol. The molecule has 0 radical (unpaired) electrons. The molecule has 0 spiro atoms. The Kier molecular flexibility index (Phi) is 5.19. The van der Waals surface area contributed by atoms with Crippen LogP contribution in [0.5, 0.6) is 0 Å². The van der Waals surface area contributed by atoms with Crippen molar-refractivity contribution in [3.63, 3.8) is 0 Å². The Balaban J connectivity index is 2.34. The summed E-state index contributed by atoms with van der Waals surface area (Å²) >= 11 is 0. The van der Waals surface area contributed by atoms with Crippen molar-refractivity contribution in [2.75, 3.05) is 6.54 Å². The minimum absolute atomic E-state index is 0.412. The highest BCUT2D eigenvalue weighted by Crippen LogP contribution is 2.10. The Bertz CT molecular complexity index is 277. The van der Waals surface area contributed by atoms with Crippen molar-refractivity contribution in [1.29, 1.82) is 0 Å². The van der Waals surface area contributed by atoms with Crippen LogP contribution in [0, 0.1) is 0 Å². The van der Waals surface area contributed by atoms with E-state index in [0.717, 1.165) is 31.6 Å². The number of furan rings is 1. The molecule has 2 heteroatoms. The van der Waals surface area contributed by atoms with Crippen molar-refractivity contribution in [3.8, 4) is 0 Å². The average Bonchev–Trinajstić information content (AvgIpc) is 2.70. The summed E-state index contributed by atoms with van der Waals surface area (Å²) in [6.07, 6.45) is 4.92. The smallest absolute Gasteiger partial charge is 0.103 e. The standard InChI is InChI=1S/C13H21NO/c1-4-9-14-13(11(2)3)8-7-12-6-5-10-15-12/h5-6,10,13-14H,2,4,7-9H2,1,3H3. The van der Waals surface area contributed by atoms with Gasteiger partial charge in [-0.1, -0.05) is 19.1 Å². The maximum absolute atomic E-state index is 5.31. The van der Waals surface area contributed by atoms with Gasteiger partial charge in [-0.05, 0) is 38.4 Å². The second-order valence-electron chi connectivity index (χ2n) is 3.97. The molecule has 0 bridgehead atoms. The van der Waals surface area contributed by atoms with Crippen molar-refractivity contribution >= 4 is 0 Å². The highest BCUT2D eigenvalue weighted by atomic mass is 16.3. The van der Waals surface area contributed by atoms with Gasteiger partial charge in [0, 0.05) is 12.5 Å². The Morgan fingerprint density at radius 2 is 2.40 bits per heavy atom. The van der Waals surface area contributed by atoms with Gasteiger partial charge in [0.05, 0.1) is 6.26 Å². The van der Waals surface area contributed by atoms with Gasteiger partial charge in [-0.15, -0.1) is 0 Å². The van der Waals surface area contributed by atoms with Gasteiger partial charge in [0.15, 0.2) is 0 Å². The molecule has 2 nitrogen and oxygen atoms in total. The van der Waals surface area contributed by atoms with E-state index in [1.165, 1.54) is 5.57 Å². The van der Waals surface area contributed by atoms with E-state index in [4.69, 9.17) is 4.42 Å². The summed E-state index contributed by atoms with van der Waals surface area (Å²) in [5, 5.41) is 3.49. The quantitative estimate of drug-likeness (QED) is 0.695. The lowest BCUT2D eigenvalue weighted by molar-refractivity contribution is 0.469. The molecule has 1 atom stereocenters. The number of hydrogen-bond acceptors (Lipinski definition) is 2. The summed E-state index contributed by atoms with van der Waals surface area (Å²) in [7, 11) is 0. The molecule has 1 aromatic heterocycles. The first kappa shape index (κ1) is 12.1. The first-order valence-electron chi connectivity index (χ1n) is 5.65. The lowest BCUT2D eigenvalue weighted by Crippen LogP contribution is -2.30. The number of aryl methyl sites for hydroxylation is 1. The van der Waals surface area contributed by atoms with Crippen LogP contribution in [-0.2, 0) is 6.42 Å². The van der Waals surface area contributed by atoms with E-state index in [2.05, 4.69) is 25.7 Å². The largest absolute Gasteiger partial charge is 0.469 e. The third-order valence-electron chi connectivity index (χ3n) is 2.50. The van der Waals surface area contributed by atoms with E-state index >= 15 is 0 Å². The predicted molar refractivity (Wildman–Crippen MR) is 63.9 cm³/mol. The molecule has 0 amide bonds. The van der Waals surface area contributed by atoms with Gasteiger partial charge in [-0.3, -0.25) is 0 Å². The molecule has 1 heterocycles. The Morgan fingerprint density at radius 3 is 2.93 bits per heavy atom. The first-order valence-corrected chi connectivity index (χ1v) is 5.65. The molecule has 0 saturated heterocycles. The van der Waals surface area contributed by atoms with Gasteiger partial charge in [0.1, 0.15) is 5.76 Å².